The van der Waals surface area contributed by atoms with Crippen molar-refractivity contribution >= 4 is 22.5 Å². The van der Waals surface area contributed by atoms with Crippen LogP contribution in [0.3, 0.4) is 0 Å². The van der Waals surface area contributed by atoms with Crippen molar-refractivity contribution in [1.82, 2.24) is 14.9 Å². The molecule has 1 saturated heterocycles. The molecule has 1 atom stereocenters. The van der Waals surface area contributed by atoms with Gasteiger partial charge in [0.15, 0.2) is 5.13 Å². The lowest BCUT2D eigenvalue weighted by Gasteiger charge is -2.16. The fourth-order valence-corrected chi connectivity index (χ4v) is 4.19. The first-order valence-corrected chi connectivity index (χ1v) is 10.1. The van der Waals surface area contributed by atoms with Gasteiger partial charge in [-0.2, -0.15) is 0 Å². The lowest BCUT2D eigenvalue weighted by Crippen LogP contribution is -2.34. The topological polar surface area (TPSA) is 67.4 Å². The van der Waals surface area contributed by atoms with Gasteiger partial charge in [-0.05, 0) is 36.6 Å². The molecule has 28 heavy (non-hydrogen) atoms. The third kappa shape index (κ3) is 4.37. The number of likely N-dealkylation sites (tertiary alicyclic amines) is 1. The molecule has 1 aliphatic rings. The molecular formula is C21H22N4O2S. The molecule has 0 radical (unpaired) electrons. The first kappa shape index (κ1) is 18.6. The summed E-state index contributed by atoms with van der Waals surface area (Å²) in [5.74, 6) is 0. The van der Waals surface area contributed by atoms with E-state index in [4.69, 9.17) is 4.74 Å². The van der Waals surface area contributed by atoms with Crippen molar-refractivity contribution in [2.45, 2.75) is 26.1 Å². The van der Waals surface area contributed by atoms with Crippen LogP contribution >= 0.6 is 11.3 Å². The molecule has 0 saturated carbocycles. The SMILES string of the molecule is Cc1nc(NC(=O)N2CCC(OCc3ccccc3)C2)sc1-c1ccncc1. The average Bonchev–Trinajstić information content (AvgIpc) is 3.34. The number of hydrogen-bond acceptors (Lipinski definition) is 5. The molecule has 3 heterocycles. The number of rotatable bonds is 5. The summed E-state index contributed by atoms with van der Waals surface area (Å²) in [6.45, 7) is 3.81. The van der Waals surface area contributed by atoms with Crippen molar-refractivity contribution in [1.29, 1.82) is 0 Å². The summed E-state index contributed by atoms with van der Waals surface area (Å²) < 4.78 is 5.96. The van der Waals surface area contributed by atoms with Crippen LogP contribution in [0, 0.1) is 6.92 Å². The maximum atomic E-state index is 12.6. The first-order chi connectivity index (χ1) is 13.7. The van der Waals surface area contributed by atoms with Gasteiger partial charge in [-0.1, -0.05) is 41.7 Å². The normalized spacial score (nSPS) is 16.3. The Hall–Kier alpha value is -2.77. The molecule has 1 fully saturated rings. The van der Waals surface area contributed by atoms with Crippen molar-refractivity contribution < 1.29 is 9.53 Å². The molecule has 1 unspecified atom stereocenters. The summed E-state index contributed by atoms with van der Waals surface area (Å²) in [4.78, 5) is 24.0. The molecule has 1 N–H and O–H groups in total. The Morgan fingerprint density at radius 3 is 2.82 bits per heavy atom. The summed E-state index contributed by atoms with van der Waals surface area (Å²) in [6, 6.07) is 13.9. The number of amides is 2. The van der Waals surface area contributed by atoms with Gasteiger partial charge in [-0.25, -0.2) is 9.78 Å². The second-order valence-corrected chi connectivity index (χ2v) is 7.75. The minimum absolute atomic E-state index is 0.0661. The second kappa shape index (κ2) is 8.50. The van der Waals surface area contributed by atoms with E-state index in [0.29, 0.717) is 24.8 Å². The zero-order valence-electron chi connectivity index (χ0n) is 15.7. The Bertz CT molecular complexity index is 930. The van der Waals surface area contributed by atoms with Gasteiger partial charge >= 0.3 is 6.03 Å². The predicted octanol–water partition coefficient (Wildman–Crippen LogP) is 4.34. The summed E-state index contributed by atoms with van der Waals surface area (Å²) in [6.07, 6.45) is 4.43. The highest BCUT2D eigenvalue weighted by molar-refractivity contribution is 7.19. The number of nitrogens with one attached hydrogen (secondary N) is 1. The van der Waals surface area contributed by atoms with Gasteiger partial charge in [0.25, 0.3) is 0 Å². The van der Waals surface area contributed by atoms with Crippen molar-refractivity contribution in [3.05, 3.63) is 66.1 Å². The molecule has 0 spiro atoms. The van der Waals surface area contributed by atoms with E-state index in [0.717, 1.165) is 28.1 Å². The molecule has 1 aromatic carbocycles. The standard InChI is InChI=1S/C21H22N4O2S/c1-15-19(17-7-10-22-11-8-17)28-20(23-15)24-21(26)25-12-9-18(13-25)27-14-16-5-3-2-4-6-16/h2-8,10-11,18H,9,12-14H2,1H3,(H,23,24,26). The van der Waals surface area contributed by atoms with Crippen molar-refractivity contribution in [3.8, 4) is 10.4 Å². The average molecular weight is 395 g/mol. The highest BCUT2D eigenvalue weighted by atomic mass is 32.1. The fraction of sp³-hybridized carbons (Fsp3) is 0.286. The Morgan fingerprint density at radius 1 is 1.25 bits per heavy atom. The first-order valence-electron chi connectivity index (χ1n) is 9.28. The van der Waals surface area contributed by atoms with Crippen LogP contribution in [0.25, 0.3) is 10.4 Å². The van der Waals surface area contributed by atoms with Crippen LogP contribution < -0.4 is 5.32 Å². The quantitative estimate of drug-likeness (QED) is 0.699. The van der Waals surface area contributed by atoms with E-state index in [9.17, 15) is 4.79 Å². The lowest BCUT2D eigenvalue weighted by atomic mass is 10.2. The Morgan fingerprint density at radius 2 is 2.04 bits per heavy atom. The number of ether oxygens (including phenoxy) is 1. The number of pyridine rings is 1. The number of carbonyl (C=O) groups is 1. The molecule has 6 nitrogen and oxygen atoms in total. The number of anilines is 1. The largest absolute Gasteiger partial charge is 0.372 e. The zero-order chi connectivity index (χ0) is 19.3. The van der Waals surface area contributed by atoms with Gasteiger partial charge in [0, 0.05) is 25.5 Å². The number of nitrogens with zero attached hydrogens (tertiary/aromatic N) is 3. The zero-order valence-corrected chi connectivity index (χ0v) is 16.5. The van der Waals surface area contributed by atoms with Crippen LogP contribution in [-0.2, 0) is 11.3 Å². The van der Waals surface area contributed by atoms with Crippen LogP contribution in [-0.4, -0.2) is 40.1 Å². The predicted molar refractivity (Wildman–Crippen MR) is 110 cm³/mol. The number of urea groups is 1. The minimum atomic E-state index is -0.124. The highest BCUT2D eigenvalue weighted by Crippen LogP contribution is 2.32. The van der Waals surface area contributed by atoms with Crippen molar-refractivity contribution in [2.75, 3.05) is 18.4 Å². The van der Waals surface area contributed by atoms with Gasteiger partial charge in [0.2, 0.25) is 0 Å². The summed E-state index contributed by atoms with van der Waals surface area (Å²) in [5, 5.41) is 3.55. The Balaban J connectivity index is 1.32. The van der Waals surface area contributed by atoms with Gasteiger partial charge in [-0.15, -0.1) is 0 Å². The van der Waals surface area contributed by atoms with E-state index >= 15 is 0 Å². The lowest BCUT2D eigenvalue weighted by molar-refractivity contribution is 0.0491. The van der Waals surface area contributed by atoms with E-state index in [2.05, 4.69) is 15.3 Å². The van der Waals surface area contributed by atoms with Crippen LogP contribution in [0.5, 0.6) is 0 Å². The third-order valence-electron chi connectivity index (χ3n) is 4.71. The van der Waals surface area contributed by atoms with Gasteiger partial charge < -0.3 is 9.64 Å². The van der Waals surface area contributed by atoms with Crippen LogP contribution in [0.2, 0.25) is 0 Å². The van der Waals surface area contributed by atoms with E-state index in [1.54, 1.807) is 17.3 Å². The molecule has 4 rings (SSSR count). The number of hydrogen-bond donors (Lipinski definition) is 1. The number of thiazole rings is 1. The number of aromatic nitrogens is 2. The number of benzene rings is 1. The summed E-state index contributed by atoms with van der Waals surface area (Å²) in [7, 11) is 0. The van der Waals surface area contributed by atoms with Gasteiger partial charge in [-0.3, -0.25) is 10.3 Å². The Kier molecular flexibility index (Phi) is 5.64. The molecule has 144 valence electrons. The third-order valence-corrected chi connectivity index (χ3v) is 5.84. The highest BCUT2D eigenvalue weighted by Gasteiger charge is 2.27. The second-order valence-electron chi connectivity index (χ2n) is 6.75. The van der Waals surface area contributed by atoms with E-state index in [1.165, 1.54) is 11.3 Å². The minimum Gasteiger partial charge on any atom is -0.372 e. The monoisotopic (exact) mass is 394 g/mol. The van der Waals surface area contributed by atoms with Crippen molar-refractivity contribution in [2.24, 2.45) is 0 Å². The molecule has 7 heteroatoms. The molecule has 0 aliphatic carbocycles. The molecule has 2 aromatic heterocycles. The molecule has 1 aliphatic heterocycles. The van der Waals surface area contributed by atoms with Crippen LogP contribution in [0.1, 0.15) is 17.7 Å². The smallest absolute Gasteiger partial charge is 0.323 e. The summed E-state index contributed by atoms with van der Waals surface area (Å²) >= 11 is 1.48. The molecule has 0 bridgehead atoms. The Labute approximate surface area is 168 Å². The van der Waals surface area contributed by atoms with E-state index in [-0.39, 0.29) is 12.1 Å². The summed E-state index contributed by atoms with van der Waals surface area (Å²) in [5.41, 5.74) is 3.10. The maximum absolute atomic E-state index is 12.6. The van der Waals surface area contributed by atoms with Crippen LogP contribution in [0.15, 0.2) is 54.9 Å². The van der Waals surface area contributed by atoms with Gasteiger partial charge in [0.1, 0.15) is 0 Å². The molecular weight excluding hydrogens is 372 g/mol. The maximum Gasteiger partial charge on any atom is 0.323 e. The fourth-order valence-electron chi connectivity index (χ4n) is 3.23. The molecule has 3 aromatic rings. The van der Waals surface area contributed by atoms with Gasteiger partial charge in [0.05, 0.1) is 23.3 Å². The van der Waals surface area contributed by atoms with E-state index < -0.39 is 0 Å². The van der Waals surface area contributed by atoms with Crippen molar-refractivity contribution in [3.63, 3.8) is 0 Å². The molecule has 2 amide bonds. The van der Waals surface area contributed by atoms with Crippen LogP contribution in [0.4, 0.5) is 9.93 Å². The number of carbonyl (C=O) groups excluding carboxylic acids is 1. The van der Waals surface area contributed by atoms with E-state index in [1.807, 2.05) is 49.4 Å². The number of aryl methyl sites for hydroxylation is 1.